The standard InChI is InChI=1S/C13H12N2O3/c16-11(9-15-12(17)6-7-13(15)18)14-8-10-4-2-1-3-5-10/h1-7H,8-9H2,(H,14,16). The van der Waals surface area contributed by atoms with Crippen molar-refractivity contribution < 1.29 is 14.4 Å². The van der Waals surface area contributed by atoms with Gasteiger partial charge in [0.25, 0.3) is 11.8 Å². The Bertz CT molecular complexity index is 490. The lowest BCUT2D eigenvalue weighted by atomic mass is 10.2. The number of carbonyl (C=O) groups excluding carboxylic acids is 3. The van der Waals surface area contributed by atoms with Crippen molar-refractivity contribution >= 4 is 17.7 Å². The molecule has 1 heterocycles. The topological polar surface area (TPSA) is 66.5 Å². The van der Waals surface area contributed by atoms with Gasteiger partial charge in [-0.1, -0.05) is 30.3 Å². The zero-order valence-corrected chi connectivity index (χ0v) is 9.63. The van der Waals surface area contributed by atoms with Crippen LogP contribution in [-0.4, -0.2) is 29.2 Å². The Morgan fingerprint density at radius 2 is 1.67 bits per heavy atom. The van der Waals surface area contributed by atoms with Gasteiger partial charge in [-0.15, -0.1) is 0 Å². The average Bonchev–Trinajstić information content (AvgIpc) is 2.69. The molecule has 0 atom stereocenters. The summed E-state index contributed by atoms with van der Waals surface area (Å²) in [7, 11) is 0. The average molecular weight is 244 g/mol. The van der Waals surface area contributed by atoms with Crippen LogP contribution in [0.1, 0.15) is 5.56 Å². The third-order valence-electron chi connectivity index (χ3n) is 2.53. The maximum absolute atomic E-state index is 11.6. The van der Waals surface area contributed by atoms with E-state index in [0.717, 1.165) is 22.6 Å². The van der Waals surface area contributed by atoms with Gasteiger partial charge in [0.1, 0.15) is 6.54 Å². The van der Waals surface area contributed by atoms with Gasteiger partial charge < -0.3 is 5.32 Å². The van der Waals surface area contributed by atoms with Crippen LogP contribution in [0.3, 0.4) is 0 Å². The van der Waals surface area contributed by atoms with Gasteiger partial charge in [0.05, 0.1) is 0 Å². The number of hydrogen-bond acceptors (Lipinski definition) is 3. The summed E-state index contributed by atoms with van der Waals surface area (Å²) in [6.45, 7) is 0.140. The minimum atomic E-state index is -0.449. The van der Waals surface area contributed by atoms with Crippen molar-refractivity contribution in [2.24, 2.45) is 0 Å². The Morgan fingerprint density at radius 1 is 1.06 bits per heavy atom. The fraction of sp³-hybridized carbons (Fsp3) is 0.154. The molecule has 0 radical (unpaired) electrons. The van der Waals surface area contributed by atoms with E-state index >= 15 is 0 Å². The lowest BCUT2D eigenvalue weighted by Gasteiger charge is -2.13. The monoisotopic (exact) mass is 244 g/mol. The van der Waals surface area contributed by atoms with Gasteiger partial charge in [-0.05, 0) is 5.56 Å². The maximum atomic E-state index is 11.6. The highest BCUT2D eigenvalue weighted by Gasteiger charge is 2.25. The highest BCUT2D eigenvalue weighted by Crippen LogP contribution is 2.03. The molecule has 1 aromatic carbocycles. The second-order valence-electron chi connectivity index (χ2n) is 3.86. The smallest absolute Gasteiger partial charge is 0.254 e. The molecule has 1 aliphatic rings. The molecule has 0 saturated carbocycles. The highest BCUT2D eigenvalue weighted by molar-refractivity contribution is 6.14. The molecule has 0 fully saturated rings. The van der Waals surface area contributed by atoms with Crippen molar-refractivity contribution in [2.75, 3.05) is 6.54 Å². The van der Waals surface area contributed by atoms with E-state index in [1.165, 1.54) is 0 Å². The van der Waals surface area contributed by atoms with Crippen LogP contribution in [0.15, 0.2) is 42.5 Å². The van der Waals surface area contributed by atoms with Gasteiger partial charge in [-0.25, -0.2) is 0 Å². The first-order chi connectivity index (χ1) is 8.66. The minimum absolute atomic E-state index is 0.239. The van der Waals surface area contributed by atoms with Crippen LogP contribution in [0.25, 0.3) is 0 Å². The molecule has 92 valence electrons. The molecule has 0 saturated heterocycles. The van der Waals surface area contributed by atoms with Crippen molar-refractivity contribution in [1.82, 2.24) is 10.2 Å². The number of nitrogens with zero attached hydrogens (tertiary/aromatic N) is 1. The zero-order chi connectivity index (χ0) is 13.0. The molecule has 1 aromatic rings. The molecule has 0 unspecified atom stereocenters. The van der Waals surface area contributed by atoms with Crippen LogP contribution in [0.5, 0.6) is 0 Å². The van der Waals surface area contributed by atoms with Crippen molar-refractivity contribution in [3.63, 3.8) is 0 Å². The summed E-state index contributed by atoms with van der Waals surface area (Å²) in [6.07, 6.45) is 2.32. The number of rotatable bonds is 4. The van der Waals surface area contributed by atoms with Crippen molar-refractivity contribution in [1.29, 1.82) is 0 Å². The van der Waals surface area contributed by atoms with Gasteiger partial charge in [0.15, 0.2) is 0 Å². The summed E-state index contributed by atoms with van der Waals surface area (Å²) in [6, 6.07) is 9.40. The van der Waals surface area contributed by atoms with Gasteiger partial charge in [0, 0.05) is 18.7 Å². The lowest BCUT2D eigenvalue weighted by Crippen LogP contribution is -2.40. The maximum Gasteiger partial charge on any atom is 0.254 e. The van der Waals surface area contributed by atoms with Crippen molar-refractivity contribution in [3.8, 4) is 0 Å². The Labute approximate surface area is 104 Å². The first-order valence-electron chi connectivity index (χ1n) is 5.51. The summed E-state index contributed by atoms with van der Waals surface area (Å²) in [5, 5.41) is 2.65. The molecule has 1 N–H and O–H groups in total. The molecule has 18 heavy (non-hydrogen) atoms. The van der Waals surface area contributed by atoms with Crippen LogP contribution in [0, 0.1) is 0 Å². The third-order valence-corrected chi connectivity index (χ3v) is 2.53. The van der Waals surface area contributed by atoms with Gasteiger partial charge >= 0.3 is 0 Å². The fourth-order valence-electron chi connectivity index (χ4n) is 1.58. The number of amides is 3. The zero-order valence-electron chi connectivity index (χ0n) is 9.63. The quantitative estimate of drug-likeness (QED) is 0.771. The van der Waals surface area contributed by atoms with Crippen LogP contribution >= 0.6 is 0 Å². The number of imide groups is 1. The van der Waals surface area contributed by atoms with Gasteiger partial charge in [-0.2, -0.15) is 0 Å². The fourth-order valence-corrected chi connectivity index (χ4v) is 1.58. The molecular formula is C13H12N2O3. The summed E-state index contributed by atoms with van der Waals surface area (Å²) in [4.78, 5) is 34.9. The molecule has 5 heteroatoms. The van der Waals surface area contributed by atoms with E-state index in [1.54, 1.807) is 0 Å². The Morgan fingerprint density at radius 3 is 2.28 bits per heavy atom. The Balaban J connectivity index is 1.83. The van der Waals surface area contributed by atoms with E-state index in [9.17, 15) is 14.4 Å². The second kappa shape index (κ2) is 5.27. The summed E-state index contributed by atoms with van der Waals surface area (Å²) in [5.41, 5.74) is 0.961. The molecular weight excluding hydrogens is 232 g/mol. The van der Waals surface area contributed by atoms with Crippen molar-refractivity contribution in [3.05, 3.63) is 48.0 Å². The van der Waals surface area contributed by atoms with Crippen LogP contribution in [-0.2, 0) is 20.9 Å². The van der Waals surface area contributed by atoms with E-state index in [4.69, 9.17) is 0 Å². The summed E-state index contributed by atoms with van der Waals surface area (Å²) < 4.78 is 0. The first-order valence-corrected chi connectivity index (χ1v) is 5.51. The molecule has 1 aliphatic heterocycles. The van der Waals surface area contributed by atoms with Crippen molar-refractivity contribution in [2.45, 2.75) is 6.54 Å². The Hall–Kier alpha value is -2.43. The van der Waals surface area contributed by atoms with E-state index in [-0.39, 0.29) is 12.5 Å². The second-order valence-corrected chi connectivity index (χ2v) is 3.86. The minimum Gasteiger partial charge on any atom is -0.350 e. The SMILES string of the molecule is O=C(CN1C(=O)C=CC1=O)NCc1ccccc1. The molecule has 3 amide bonds. The number of hydrogen-bond donors (Lipinski definition) is 1. The van der Waals surface area contributed by atoms with Gasteiger partial charge in [-0.3, -0.25) is 19.3 Å². The molecule has 0 bridgehead atoms. The van der Waals surface area contributed by atoms with Gasteiger partial charge in [0.2, 0.25) is 5.91 Å². The number of nitrogens with one attached hydrogen (secondary N) is 1. The van der Waals surface area contributed by atoms with E-state index < -0.39 is 11.8 Å². The Kier molecular flexibility index (Phi) is 3.52. The molecule has 0 spiro atoms. The first kappa shape index (κ1) is 12.0. The van der Waals surface area contributed by atoms with E-state index in [2.05, 4.69) is 5.32 Å². The van der Waals surface area contributed by atoms with E-state index in [0.29, 0.717) is 6.54 Å². The predicted molar refractivity (Wildman–Crippen MR) is 64.1 cm³/mol. The summed E-state index contributed by atoms with van der Waals surface area (Å²) >= 11 is 0. The normalized spacial score (nSPS) is 14.1. The lowest BCUT2D eigenvalue weighted by molar-refractivity contribution is -0.141. The van der Waals surface area contributed by atoms with E-state index in [1.807, 2.05) is 30.3 Å². The number of carbonyl (C=O) groups is 3. The molecule has 0 aliphatic carbocycles. The molecule has 2 rings (SSSR count). The summed E-state index contributed by atoms with van der Waals surface area (Å²) in [5.74, 6) is -1.26. The third kappa shape index (κ3) is 2.82. The molecule has 5 nitrogen and oxygen atoms in total. The molecule has 0 aromatic heterocycles. The van der Waals surface area contributed by atoms with Crippen LogP contribution < -0.4 is 5.32 Å². The largest absolute Gasteiger partial charge is 0.350 e. The highest BCUT2D eigenvalue weighted by atomic mass is 16.2. The predicted octanol–water partition coefficient (Wildman–Crippen LogP) is 0.228. The van der Waals surface area contributed by atoms with Crippen LogP contribution in [0.2, 0.25) is 0 Å². The van der Waals surface area contributed by atoms with Crippen LogP contribution in [0.4, 0.5) is 0 Å². The number of benzene rings is 1.